The highest BCUT2D eigenvalue weighted by Gasteiger charge is 2.36. The molecule has 2 N–H and O–H groups in total. The summed E-state index contributed by atoms with van der Waals surface area (Å²) < 4.78 is 5.79. The number of carboxylic acid groups (broad SMARTS) is 1. The molecule has 2 heterocycles. The van der Waals surface area contributed by atoms with E-state index in [4.69, 9.17) is 16.0 Å². The topological polar surface area (TPSA) is 117 Å². The highest BCUT2D eigenvalue weighted by molar-refractivity contribution is 8.18. The van der Waals surface area contributed by atoms with Crippen LogP contribution in [0.4, 0.5) is 10.5 Å². The molecule has 1 aromatic heterocycles. The zero-order valence-corrected chi connectivity index (χ0v) is 20.2. The number of carbonyl (C=O) groups is 4. The minimum Gasteiger partial charge on any atom is -0.478 e. The third-order valence-corrected chi connectivity index (χ3v) is 6.68. The Balaban J connectivity index is 1.48. The maximum Gasteiger partial charge on any atom is 0.335 e. The van der Waals surface area contributed by atoms with E-state index in [1.54, 1.807) is 49.4 Å². The van der Waals surface area contributed by atoms with Gasteiger partial charge in [0.05, 0.1) is 10.5 Å². The smallest absolute Gasteiger partial charge is 0.335 e. The Morgan fingerprint density at radius 1 is 1.14 bits per heavy atom. The van der Waals surface area contributed by atoms with Gasteiger partial charge in [-0.25, -0.2) is 4.79 Å². The summed E-state index contributed by atoms with van der Waals surface area (Å²) >= 11 is 6.77. The summed E-state index contributed by atoms with van der Waals surface area (Å²) in [5.74, 6) is -1.46. The van der Waals surface area contributed by atoms with Crippen LogP contribution in [0.2, 0.25) is 5.02 Å². The molecular weight excluding hydrogens is 492 g/mol. The summed E-state index contributed by atoms with van der Waals surface area (Å²) in [5.41, 5.74) is 2.62. The van der Waals surface area contributed by atoms with E-state index < -0.39 is 29.6 Å². The summed E-state index contributed by atoms with van der Waals surface area (Å²) in [6.45, 7) is 3.07. The van der Waals surface area contributed by atoms with E-state index in [1.165, 1.54) is 12.1 Å². The molecule has 0 unspecified atom stereocenters. The molecule has 1 fully saturated rings. The fourth-order valence-electron chi connectivity index (χ4n) is 3.49. The highest BCUT2D eigenvalue weighted by atomic mass is 35.5. The van der Waals surface area contributed by atoms with E-state index in [0.717, 1.165) is 10.5 Å². The van der Waals surface area contributed by atoms with Crippen LogP contribution in [0.5, 0.6) is 0 Å². The average molecular weight is 511 g/mol. The van der Waals surface area contributed by atoms with Crippen LogP contribution in [0.25, 0.3) is 17.4 Å². The van der Waals surface area contributed by atoms with E-state index >= 15 is 0 Å². The number of amides is 3. The second kappa shape index (κ2) is 9.81. The van der Waals surface area contributed by atoms with Gasteiger partial charge in [0.2, 0.25) is 5.91 Å². The molecule has 0 aliphatic carbocycles. The number of hydrogen-bond acceptors (Lipinski definition) is 6. The number of benzene rings is 2. The Labute approximate surface area is 209 Å². The monoisotopic (exact) mass is 510 g/mol. The fourth-order valence-corrected chi connectivity index (χ4v) is 4.49. The van der Waals surface area contributed by atoms with Crippen molar-refractivity contribution < 1.29 is 28.7 Å². The van der Waals surface area contributed by atoms with Gasteiger partial charge in [0.1, 0.15) is 18.1 Å². The van der Waals surface area contributed by atoms with Gasteiger partial charge in [0, 0.05) is 22.3 Å². The predicted molar refractivity (Wildman–Crippen MR) is 133 cm³/mol. The van der Waals surface area contributed by atoms with Crippen LogP contribution in [0.1, 0.15) is 27.2 Å². The van der Waals surface area contributed by atoms with Gasteiger partial charge >= 0.3 is 5.97 Å². The number of imide groups is 1. The van der Waals surface area contributed by atoms with Gasteiger partial charge in [-0.05, 0) is 67.1 Å². The van der Waals surface area contributed by atoms with Crippen molar-refractivity contribution in [3.05, 3.63) is 80.9 Å². The molecule has 0 atom stereocenters. The number of hydrogen-bond donors (Lipinski definition) is 2. The lowest BCUT2D eigenvalue weighted by molar-refractivity contribution is -0.127. The predicted octanol–water partition coefficient (Wildman–Crippen LogP) is 5.59. The Morgan fingerprint density at radius 3 is 2.63 bits per heavy atom. The molecule has 1 aliphatic heterocycles. The lowest BCUT2D eigenvalue weighted by Crippen LogP contribution is -2.36. The summed E-state index contributed by atoms with van der Waals surface area (Å²) in [7, 11) is 0. The number of furan rings is 1. The van der Waals surface area contributed by atoms with Crippen molar-refractivity contribution in [2.24, 2.45) is 0 Å². The molecular formula is C25H19ClN2O6S. The van der Waals surface area contributed by atoms with Crippen LogP contribution in [-0.4, -0.2) is 39.6 Å². The molecule has 0 saturated carbocycles. The minimum atomic E-state index is -1.04. The minimum absolute atomic E-state index is 0.109. The van der Waals surface area contributed by atoms with Crippen LogP contribution < -0.4 is 5.32 Å². The number of carbonyl (C=O) groups excluding carboxylic acids is 3. The van der Waals surface area contributed by atoms with Crippen molar-refractivity contribution in [3.63, 3.8) is 0 Å². The van der Waals surface area contributed by atoms with Crippen LogP contribution >= 0.6 is 23.4 Å². The van der Waals surface area contributed by atoms with Crippen LogP contribution in [-0.2, 0) is 9.59 Å². The first-order valence-corrected chi connectivity index (χ1v) is 11.6. The van der Waals surface area contributed by atoms with E-state index in [0.29, 0.717) is 45.1 Å². The largest absolute Gasteiger partial charge is 0.478 e. The molecule has 4 rings (SSSR count). The van der Waals surface area contributed by atoms with Crippen molar-refractivity contribution in [2.75, 3.05) is 11.9 Å². The highest BCUT2D eigenvalue weighted by Crippen LogP contribution is 2.34. The number of aromatic carboxylic acids is 1. The first-order chi connectivity index (χ1) is 16.6. The molecule has 3 amide bonds. The van der Waals surface area contributed by atoms with Gasteiger partial charge in [-0.3, -0.25) is 19.3 Å². The molecule has 178 valence electrons. The van der Waals surface area contributed by atoms with Crippen molar-refractivity contribution >= 4 is 58.1 Å². The number of carboxylic acids is 1. The maximum atomic E-state index is 12.8. The van der Waals surface area contributed by atoms with Crippen molar-refractivity contribution in [3.8, 4) is 11.3 Å². The summed E-state index contributed by atoms with van der Waals surface area (Å²) in [4.78, 5) is 49.9. The second-order valence-electron chi connectivity index (χ2n) is 7.77. The Bertz CT molecular complexity index is 1410. The molecule has 2 aromatic carbocycles. The number of nitrogens with one attached hydrogen (secondary N) is 1. The third-order valence-electron chi connectivity index (χ3n) is 5.36. The normalized spacial score (nSPS) is 14.6. The van der Waals surface area contributed by atoms with E-state index in [2.05, 4.69) is 5.32 Å². The number of aryl methyl sites for hydroxylation is 1. The summed E-state index contributed by atoms with van der Waals surface area (Å²) in [6, 6.07) is 13.1. The summed E-state index contributed by atoms with van der Waals surface area (Å²) in [6.07, 6.45) is 1.42. The van der Waals surface area contributed by atoms with E-state index in [-0.39, 0.29) is 10.5 Å². The molecule has 0 radical (unpaired) electrons. The Morgan fingerprint density at radius 2 is 1.91 bits per heavy atom. The van der Waals surface area contributed by atoms with Crippen LogP contribution in [0.15, 0.2) is 57.9 Å². The molecule has 8 nitrogen and oxygen atoms in total. The van der Waals surface area contributed by atoms with Crippen LogP contribution in [0.3, 0.4) is 0 Å². The molecule has 0 spiro atoms. The molecule has 0 bridgehead atoms. The Kier molecular flexibility index (Phi) is 6.81. The number of nitrogens with zero attached hydrogens (tertiary/aromatic N) is 1. The van der Waals surface area contributed by atoms with Crippen molar-refractivity contribution in [2.45, 2.75) is 13.8 Å². The van der Waals surface area contributed by atoms with Gasteiger partial charge in [-0.1, -0.05) is 29.8 Å². The van der Waals surface area contributed by atoms with E-state index in [1.807, 2.05) is 6.92 Å². The second-order valence-corrected chi connectivity index (χ2v) is 9.17. The first kappa shape index (κ1) is 24.3. The molecule has 1 saturated heterocycles. The molecule has 35 heavy (non-hydrogen) atoms. The SMILES string of the molecule is Cc1ccc(NC(=O)CN2C(=O)S/C(=C\c3ccc(-c4cccc(C(=O)O)c4C)o3)C2=O)cc1Cl. The quantitative estimate of drug-likeness (QED) is 0.415. The summed E-state index contributed by atoms with van der Waals surface area (Å²) in [5, 5.41) is 11.9. The number of halogens is 1. The third kappa shape index (κ3) is 5.16. The van der Waals surface area contributed by atoms with Crippen molar-refractivity contribution in [1.29, 1.82) is 0 Å². The molecule has 3 aromatic rings. The van der Waals surface area contributed by atoms with Gasteiger partial charge in [0.15, 0.2) is 0 Å². The van der Waals surface area contributed by atoms with E-state index in [9.17, 15) is 24.3 Å². The average Bonchev–Trinajstić information content (AvgIpc) is 3.36. The number of rotatable bonds is 6. The standard InChI is InChI=1S/C25H19ClN2O6S/c1-13-6-7-15(10-19(13)26)27-22(29)12-28-23(30)21(35-25(28)33)11-16-8-9-20(34-16)17-4-3-5-18(14(17)2)24(31)32/h3-11H,12H2,1-2H3,(H,27,29)(H,31,32)/b21-11-. The van der Waals surface area contributed by atoms with Gasteiger partial charge in [0.25, 0.3) is 11.1 Å². The van der Waals surface area contributed by atoms with Crippen molar-refractivity contribution in [1.82, 2.24) is 4.90 Å². The lowest BCUT2D eigenvalue weighted by atomic mass is 10.0. The zero-order chi connectivity index (χ0) is 25.3. The molecule has 10 heteroatoms. The number of thioether (sulfide) groups is 1. The molecule has 1 aliphatic rings. The van der Waals surface area contributed by atoms with Gasteiger partial charge in [-0.2, -0.15) is 0 Å². The zero-order valence-electron chi connectivity index (χ0n) is 18.6. The fraction of sp³-hybridized carbons (Fsp3) is 0.120. The first-order valence-electron chi connectivity index (χ1n) is 10.4. The maximum absolute atomic E-state index is 12.8. The number of anilines is 1. The van der Waals surface area contributed by atoms with Crippen LogP contribution in [0, 0.1) is 13.8 Å². The van der Waals surface area contributed by atoms with Gasteiger partial charge < -0.3 is 14.8 Å². The Hall–Kier alpha value is -3.82. The van der Waals surface area contributed by atoms with Gasteiger partial charge in [-0.15, -0.1) is 0 Å². The lowest BCUT2D eigenvalue weighted by Gasteiger charge is -2.12.